The molecule has 0 aromatic rings. The third kappa shape index (κ3) is 2.59. The molecule has 1 saturated carbocycles. The van der Waals surface area contributed by atoms with Crippen LogP contribution >= 0.6 is 0 Å². The van der Waals surface area contributed by atoms with Crippen molar-refractivity contribution < 1.29 is 4.74 Å². The molecule has 0 aromatic carbocycles. The van der Waals surface area contributed by atoms with Crippen LogP contribution in [0.4, 0.5) is 0 Å². The minimum atomic E-state index is 0.327. The Balaban J connectivity index is 2.09. The lowest BCUT2D eigenvalue weighted by atomic mass is 9.87. The predicted octanol–water partition coefficient (Wildman–Crippen LogP) is 2.41. The topological polar surface area (TPSA) is 24.5 Å². The van der Waals surface area contributed by atoms with Gasteiger partial charge in [-0.25, -0.2) is 0 Å². The van der Waals surface area contributed by atoms with Gasteiger partial charge < -0.3 is 10.1 Å². The molecule has 3 atom stereocenters. The zero-order chi connectivity index (χ0) is 13.2. The molecular formula is C15H30N2O. The minimum Gasteiger partial charge on any atom is -0.380 e. The van der Waals surface area contributed by atoms with Gasteiger partial charge in [-0.05, 0) is 39.0 Å². The monoisotopic (exact) mass is 254 g/mol. The van der Waals surface area contributed by atoms with E-state index in [2.05, 4.69) is 31.0 Å². The summed E-state index contributed by atoms with van der Waals surface area (Å²) in [6.45, 7) is 9.29. The fourth-order valence-corrected chi connectivity index (χ4v) is 3.77. The third-order valence-electron chi connectivity index (χ3n) is 5.32. The van der Waals surface area contributed by atoms with Gasteiger partial charge in [-0.2, -0.15) is 0 Å². The highest BCUT2D eigenvalue weighted by atomic mass is 16.5. The van der Waals surface area contributed by atoms with Crippen LogP contribution in [-0.4, -0.2) is 48.8 Å². The van der Waals surface area contributed by atoms with E-state index in [1.807, 2.05) is 7.11 Å². The van der Waals surface area contributed by atoms with Gasteiger partial charge >= 0.3 is 0 Å². The van der Waals surface area contributed by atoms with Crippen LogP contribution in [0.5, 0.6) is 0 Å². The summed E-state index contributed by atoms with van der Waals surface area (Å²) in [6, 6.07) is 1.28. The lowest BCUT2D eigenvalue weighted by Crippen LogP contribution is -2.66. The van der Waals surface area contributed by atoms with Crippen molar-refractivity contribution in [2.75, 3.05) is 20.2 Å². The number of rotatable bonds is 4. The standard InChI is InChI=1S/C15H30N2O/c1-5-15(6-2)11-17(12(3)10-16-15)13-8-7-9-14(13)18-4/h12-14,16H,5-11H2,1-4H3. The van der Waals surface area contributed by atoms with Crippen LogP contribution in [0.1, 0.15) is 52.9 Å². The van der Waals surface area contributed by atoms with Gasteiger partial charge in [0.2, 0.25) is 0 Å². The Bertz CT molecular complexity index is 265. The zero-order valence-electron chi connectivity index (χ0n) is 12.5. The summed E-state index contributed by atoms with van der Waals surface area (Å²) in [5, 5.41) is 3.79. The smallest absolute Gasteiger partial charge is 0.0726 e. The fourth-order valence-electron chi connectivity index (χ4n) is 3.77. The first kappa shape index (κ1) is 14.3. The maximum atomic E-state index is 5.70. The van der Waals surface area contributed by atoms with Crippen LogP contribution in [0, 0.1) is 0 Å². The molecule has 1 aliphatic heterocycles. The molecule has 3 nitrogen and oxygen atoms in total. The average Bonchev–Trinajstić information content (AvgIpc) is 2.88. The molecule has 18 heavy (non-hydrogen) atoms. The molecule has 0 aromatic heterocycles. The average molecular weight is 254 g/mol. The lowest BCUT2D eigenvalue weighted by Gasteiger charge is -2.49. The summed E-state index contributed by atoms with van der Waals surface area (Å²) in [6.07, 6.45) is 6.77. The summed E-state index contributed by atoms with van der Waals surface area (Å²) >= 11 is 0. The van der Waals surface area contributed by atoms with Crippen molar-refractivity contribution in [3.63, 3.8) is 0 Å². The van der Waals surface area contributed by atoms with Crippen LogP contribution in [0.3, 0.4) is 0 Å². The van der Waals surface area contributed by atoms with E-state index in [-0.39, 0.29) is 0 Å². The summed E-state index contributed by atoms with van der Waals surface area (Å²) < 4.78 is 5.70. The number of ether oxygens (including phenoxy) is 1. The zero-order valence-corrected chi connectivity index (χ0v) is 12.5. The highest BCUT2D eigenvalue weighted by Gasteiger charge is 2.41. The molecular weight excluding hydrogens is 224 g/mol. The molecule has 0 radical (unpaired) electrons. The third-order valence-corrected chi connectivity index (χ3v) is 5.32. The quantitative estimate of drug-likeness (QED) is 0.834. The van der Waals surface area contributed by atoms with Gasteiger partial charge in [-0.3, -0.25) is 4.90 Å². The number of nitrogens with one attached hydrogen (secondary N) is 1. The maximum absolute atomic E-state index is 5.70. The Labute approximate surface area is 112 Å². The lowest BCUT2D eigenvalue weighted by molar-refractivity contribution is -0.0180. The number of nitrogens with zero attached hydrogens (tertiary/aromatic N) is 1. The predicted molar refractivity (Wildman–Crippen MR) is 75.9 cm³/mol. The van der Waals surface area contributed by atoms with E-state index in [1.54, 1.807) is 0 Å². The summed E-state index contributed by atoms with van der Waals surface area (Å²) in [5.41, 5.74) is 0.327. The second-order valence-corrected chi connectivity index (χ2v) is 6.16. The molecule has 0 spiro atoms. The van der Waals surface area contributed by atoms with Crippen molar-refractivity contribution in [3.8, 4) is 0 Å². The molecule has 0 amide bonds. The summed E-state index contributed by atoms with van der Waals surface area (Å²) in [4.78, 5) is 2.73. The van der Waals surface area contributed by atoms with Gasteiger partial charge in [0, 0.05) is 37.8 Å². The Morgan fingerprint density at radius 3 is 2.61 bits per heavy atom. The number of methoxy groups -OCH3 is 1. The summed E-state index contributed by atoms with van der Waals surface area (Å²) in [5.74, 6) is 0. The normalized spacial score (nSPS) is 37.0. The number of hydrogen-bond donors (Lipinski definition) is 1. The highest BCUT2D eigenvalue weighted by Crippen LogP contribution is 2.32. The van der Waals surface area contributed by atoms with Crippen LogP contribution in [0.25, 0.3) is 0 Å². The molecule has 1 heterocycles. The van der Waals surface area contributed by atoms with Crippen LogP contribution < -0.4 is 5.32 Å². The van der Waals surface area contributed by atoms with Crippen molar-refractivity contribution in [2.45, 2.75) is 76.6 Å². The molecule has 1 aliphatic carbocycles. The Hall–Kier alpha value is -0.120. The largest absolute Gasteiger partial charge is 0.380 e. The summed E-state index contributed by atoms with van der Waals surface area (Å²) in [7, 11) is 1.88. The van der Waals surface area contributed by atoms with Gasteiger partial charge in [0.15, 0.2) is 0 Å². The van der Waals surface area contributed by atoms with Crippen molar-refractivity contribution >= 4 is 0 Å². The van der Waals surface area contributed by atoms with Crippen molar-refractivity contribution in [3.05, 3.63) is 0 Å². The molecule has 106 valence electrons. The fraction of sp³-hybridized carbons (Fsp3) is 1.00. The van der Waals surface area contributed by atoms with E-state index in [1.165, 1.54) is 38.6 Å². The van der Waals surface area contributed by atoms with E-state index >= 15 is 0 Å². The molecule has 2 fully saturated rings. The van der Waals surface area contributed by atoms with Crippen molar-refractivity contribution in [1.82, 2.24) is 10.2 Å². The van der Waals surface area contributed by atoms with E-state index in [4.69, 9.17) is 4.74 Å². The van der Waals surface area contributed by atoms with Crippen molar-refractivity contribution in [1.29, 1.82) is 0 Å². The van der Waals surface area contributed by atoms with Gasteiger partial charge in [0.05, 0.1) is 6.10 Å². The van der Waals surface area contributed by atoms with Crippen LogP contribution in [0.15, 0.2) is 0 Å². The molecule has 2 rings (SSSR count). The molecule has 1 saturated heterocycles. The SMILES string of the molecule is CCC1(CC)CN(C2CCCC2OC)C(C)CN1. The molecule has 3 unspecified atom stereocenters. The molecule has 1 N–H and O–H groups in total. The molecule has 2 aliphatic rings. The van der Waals surface area contributed by atoms with Gasteiger partial charge in [0.1, 0.15) is 0 Å². The van der Waals surface area contributed by atoms with E-state index in [0.717, 1.165) is 6.54 Å². The van der Waals surface area contributed by atoms with E-state index in [0.29, 0.717) is 23.7 Å². The first-order chi connectivity index (χ1) is 8.65. The van der Waals surface area contributed by atoms with Gasteiger partial charge in [-0.15, -0.1) is 0 Å². The Morgan fingerprint density at radius 1 is 1.28 bits per heavy atom. The maximum Gasteiger partial charge on any atom is 0.0726 e. The van der Waals surface area contributed by atoms with Crippen LogP contribution in [-0.2, 0) is 4.74 Å². The van der Waals surface area contributed by atoms with Gasteiger partial charge in [-0.1, -0.05) is 13.8 Å². The Kier molecular flexibility index (Phi) is 4.68. The number of piperazine rings is 1. The second-order valence-electron chi connectivity index (χ2n) is 6.16. The van der Waals surface area contributed by atoms with E-state index in [9.17, 15) is 0 Å². The van der Waals surface area contributed by atoms with Crippen molar-refractivity contribution in [2.24, 2.45) is 0 Å². The highest BCUT2D eigenvalue weighted by molar-refractivity contribution is 5.00. The first-order valence-electron chi connectivity index (χ1n) is 7.69. The van der Waals surface area contributed by atoms with E-state index < -0.39 is 0 Å². The molecule has 3 heteroatoms. The Morgan fingerprint density at radius 2 is 2.00 bits per heavy atom. The second kappa shape index (κ2) is 5.89. The first-order valence-corrected chi connectivity index (χ1v) is 7.69. The number of hydrogen-bond acceptors (Lipinski definition) is 3. The minimum absolute atomic E-state index is 0.327. The van der Waals surface area contributed by atoms with Crippen LogP contribution in [0.2, 0.25) is 0 Å². The van der Waals surface area contributed by atoms with Gasteiger partial charge in [0.25, 0.3) is 0 Å². The molecule has 0 bridgehead atoms.